The smallest absolute Gasteiger partial charge is 0.344 e. The number of thioether (sulfide) groups is 1. The third-order valence-corrected chi connectivity index (χ3v) is 6.20. The van der Waals surface area contributed by atoms with Crippen molar-refractivity contribution in [2.24, 2.45) is 10.7 Å². The summed E-state index contributed by atoms with van der Waals surface area (Å²) in [6.07, 6.45) is 0. The van der Waals surface area contributed by atoms with E-state index < -0.39 is 5.97 Å². The summed E-state index contributed by atoms with van der Waals surface area (Å²) in [7, 11) is 0. The van der Waals surface area contributed by atoms with Gasteiger partial charge in [0.05, 0.1) is 18.0 Å². The van der Waals surface area contributed by atoms with Gasteiger partial charge in [0.2, 0.25) is 0 Å². The Hall–Kier alpha value is -2.22. The molecule has 4 rings (SSSR count). The van der Waals surface area contributed by atoms with Gasteiger partial charge in [0.1, 0.15) is 11.4 Å². The molecule has 0 amide bonds. The van der Waals surface area contributed by atoms with Gasteiger partial charge < -0.3 is 15.4 Å². The summed E-state index contributed by atoms with van der Waals surface area (Å²) >= 11 is 11.1. The number of amidine groups is 1. The van der Waals surface area contributed by atoms with Crippen LogP contribution in [0.3, 0.4) is 0 Å². The third-order valence-electron chi connectivity index (χ3n) is 4.50. The second-order valence-corrected chi connectivity index (χ2v) is 8.59. The zero-order valence-corrected chi connectivity index (χ0v) is 18.6. The number of ether oxygens (including phenoxy) is 1. The number of nitrogens with zero attached hydrogens (tertiary/aromatic N) is 2. The van der Waals surface area contributed by atoms with Crippen molar-refractivity contribution in [1.29, 1.82) is 0 Å². The van der Waals surface area contributed by atoms with Gasteiger partial charge in [0, 0.05) is 9.50 Å². The van der Waals surface area contributed by atoms with Crippen LogP contribution in [0, 0.1) is 0 Å². The minimum absolute atomic E-state index is 0.181. The number of benzene rings is 2. The van der Waals surface area contributed by atoms with E-state index in [0.29, 0.717) is 10.7 Å². The number of esters is 1. The van der Waals surface area contributed by atoms with Crippen molar-refractivity contribution in [3.05, 3.63) is 80.1 Å². The molecule has 29 heavy (non-hydrogen) atoms. The highest BCUT2D eigenvalue weighted by Crippen LogP contribution is 2.46. The molecule has 1 unspecified atom stereocenters. The molecule has 8 heteroatoms. The number of carbonyl (C=O) groups is 1. The Morgan fingerprint density at radius 1 is 1.21 bits per heavy atom. The van der Waals surface area contributed by atoms with Crippen LogP contribution in [0.25, 0.3) is 11.4 Å². The van der Waals surface area contributed by atoms with Gasteiger partial charge in [-0.3, -0.25) is 0 Å². The monoisotopic (exact) mass is 489 g/mol. The topological polar surface area (TPSA) is 67.9 Å². The van der Waals surface area contributed by atoms with Gasteiger partial charge in [-0.05, 0) is 47.7 Å². The predicted molar refractivity (Wildman–Crippen MR) is 122 cm³/mol. The van der Waals surface area contributed by atoms with E-state index in [1.807, 2.05) is 58.8 Å². The van der Waals surface area contributed by atoms with Gasteiger partial charge in [-0.1, -0.05) is 63.6 Å². The van der Waals surface area contributed by atoms with Crippen LogP contribution in [0.15, 0.2) is 69.0 Å². The summed E-state index contributed by atoms with van der Waals surface area (Å²) in [6, 6.07) is 15.3. The van der Waals surface area contributed by atoms with E-state index in [-0.39, 0.29) is 23.5 Å². The van der Waals surface area contributed by atoms with Gasteiger partial charge in [-0.25, -0.2) is 9.79 Å². The second-order valence-electron chi connectivity index (χ2n) is 6.31. The Bertz CT molecular complexity index is 1050. The zero-order valence-electron chi connectivity index (χ0n) is 15.4. The van der Waals surface area contributed by atoms with E-state index in [0.717, 1.165) is 21.3 Å². The van der Waals surface area contributed by atoms with Crippen LogP contribution < -0.4 is 5.73 Å². The number of aliphatic imine (C=N–C) groups is 1. The van der Waals surface area contributed by atoms with Crippen molar-refractivity contribution in [2.75, 3.05) is 6.61 Å². The van der Waals surface area contributed by atoms with E-state index in [1.165, 1.54) is 11.8 Å². The molecule has 2 heterocycles. The van der Waals surface area contributed by atoms with Gasteiger partial charge >= 0.3 is 5.97 Å². The van der Waals surface area contributed by atoms with E-state index in [1.54, 1.807) is 6.92 Å². The molecule has 1 atom stereocenters. The molecule has 148 valence electrons. The Kier molecular flexibility index (Phi) is 5.72. The van der Waals surface area contributed by atoms with Gasteiger partial charge in [-0.15, -0.1) is 0 Å². The first-order chi connectivity index (χ1) is 14.0. The molecule has 0 saturated heterocycles. The minimum Gasteiger partial charge on any atom is -0.462 e. The predicted octanol–water partition coefficient (Wildman–Crippen LogP) is 5.08. The van der Waals surface area contributed by atoms with Crippen molar-refractivity contribution in [2.45, 2.75) is 12.4 Å². The summed E-state index contributed by atoms with van der Waals surface area (Å²) in [4.78, 5) is 19.4. The molecule has 2 aliphatic rings. The zero-order chi connectivity index (χ0) is 20.5. The van der Waals surface area contributed by atoms with Crippen LogP contribution in [0.4, 0.5) is 0 Å². The lowest BCUT2D eigenvalue weighted by Crippen LogP contribution is -2.38. The molecule has 2 aromatic rings. The maximum absolute atomic E-state index is 12.8. The highest BCUT2D eigenvalue weighted by molar-refractivity contribution is 9.10. The lowest BCUT2D eigenvalue weighted by molar-refractivity contribution is -0.137. The van der Waals surface area contributed by atoms with Crippen LogP contribution in [0.1, 0.15) is 18.1 Å². The Balaban J connectivity index is 1.90. The summed E-state index contributed by atoms with van der Waals surface area (Å²) in [5.74, 6) is -0.307. The third kappa shape index (κ3) is 3.82. The standard InChI is InChI=1S/C21H17BrClN3O2S/c1-2-28-20(27)17-18(13-3-7-14(22)8-4-13)26-16(11-29-21(26)25-19(17)24)12-5-9-15(23)10-6-12/h3-11,21H,2H2,1H3,(H2,24,25). The number of nitrogens with two attached hydrogens (primary N) is 1. The molecule has 5 nitrogen and oxygen atoms in total. The number of rotatable bonds is 4. The number of hydrogen-bond acceptors (Lipinski definition) is 6. The van der Waals surface area contributed by atoms with Gasteiger partial charge in [-0.2, -0.15) is 0 Å². The first-order valence-corrected chi connectivity index (χ1v) is 11.0. The van der Waals surface area contributed by atoms with Gasteiger partial charge in [0.25, 0.3) is 0 Å². The second kappa shape index (κ2) is 8.26. The van der Waals surface area contributed by atoms with Crippen LogP contribution in [0.2, 0.25) is 5.02 Å². The fraction of sp³-hybridized carbons (Fsp3) is 0.143. The first-order valence-electron chi connectivity index (χ1n) is 8.91. The summed E-state index contributed by atoms with van der Waals surface area (Å²) in [5.41, 5.74) is 9.63. The van der Waals surface area contributed by atoms with Crippen molar-refractivity contribution in [1.82, 2.24) is 4.90 Å². The first kappa shape index (κ1) is 20.1. The maximum atomic E-state index is 12.8. The highest BCUT2D eigenvalue weighted by Gasteiger charge is 2.39. The quantitative estimate of drug-likeness (QED) is 0.606. The van der Waals surface area contributed by atoms with Crippen molar-refractivity contribution in [3.63, 3.8) is 0 Å². The van der Waals surface area contributed by atoms with Crippen molar-refractivity contribution in [3.8, 4) is 0 Å². The van der Waals surface area contributed by atoms with Crippen molar-refractivity contribution >= 4 is 62.5 Å². The van der Waals surface area contributed by atoms with E-state index in [9.17, 15) is 4.79 Å². The number of hydrogen-bond donors (Lipinski definition) is 1. The summed E-state index contributed by atoms with van der Waals surface area (Å²) in [5, 5.41) is 2.69. The average molecular weight is 491 g/mol. The largest absolute Gasteiger partial charge is 0.462 e. The average Bonchev–Trinajstić information content (AvgIpc) is 3.11. The lowest BCUT2D eigenvalue weighted by Gasteiger charge is -2.34. The number of fused-ring (bicyclic) bond motifs is 1. The molecule has 0 bridgehead atoms. The van der Waals surface area contributed by atoms with E-state index in [4.69, 9.17) is 22.1 Å². The van der Waals surface area contributed by atoms with Crippen LogP contribution in [0.5, 0.6) is 0 Å². The number of halogens is 2. The number of carbonyl (C=O) groups excluding carboxylic acids is 1. The minimum atomic E-state index is -0.488. The molecule has 0 saturated carbocycles. The lowest BCUT2D eigenvalue weighted by atomic mass is 10.0. The van der Waals surface area contributed by atoms with Crippen LogP contribution in [-0.2, 0) is 9.53 Å². The summed E-state index contributed by atoms with van der Waals surface area (Å²) in [6.45, 7) is 2.02. The SMILES string of the molecule is CCOC(=O)C1=C(c2ccc(Br)cc2)N2C(c3ccc(Cl)cc3)=CSC2N=C1N. The molecule has 0 aromatic heterocycles. The van der Waals surface area contributed by atoms with E-state index in [2.05, 4.69) is 20.9 Å². The maximum Gasteiger partial charge on any atom is 0.344 e. The normalized spacial score (nSPS) is 18.3. The van der Waals surface area contributed by atoms with Crippen LogP contribution in [-0.4, -0.2) is 28.8 Å². The fourth-order valence-electron chi connectivity index (χ4n) is 3.23. The van der Waals surface area contributed by atoms with Crippen molar-refractivity contribution < 1.29 is 9.53 Å². The molecular weight excluding hydrogens is 474 g/mol. The molecular formula is C21H17BrClN3O2S. The molecule has 0 spiro atoms. The molecule has 2 aliphatic heterocycles. The molecule has 2 N–H and O–H groups in total. The van der Waals surface area contributed by atoms with E-state index >= 15 is 0 Å². The Morgan fingerprint density at radius 3 is 2.52 bits per heavy atom. The molecule has 0 radical (unpaired) electrons. The Morgan fingerprint density at radius 2 is 1.86 bits per heavy atom. The van der Waals surface area contributed by atoms with Gasteiger partial charge in [0.15, 0.2) is 5.50 Å². The highest BCUT2D eigenvalue weighted by atomic mass is 79.9. The van der Waals surface area contributed by atoms with Crippen LogP contribution >= 0.6 is 39.3 Å². The molecule has 2 aromatic carbocycles. The fourth-order valence-corrected chi connectivity index (χ4v) is 4.64. The molecule has 0 fully saturated rings. The summed E-state index contributed by atoms with van der Waals surface area (Å²) < 4.78 is 6.24. The Labute approximate surface area is 186 Å². The molecule has 0 aliphatic carbocycles.